The monoisotopic (exact) mass is 386 g/mol. The van der Waals surface area contributed by atoms with E-state index in [0.29, 0.717) is 16.9 Å². The Bertz CT molecular complexity index is 1010. The Kier molecular flexibility index (Phi) is 4.80. The maximum atomic E-state index is 13.4. The quantitative estimate of drug-likeness (QED) is 0.347. The number of thioether (sulfide) groups is 1. The zero-order valence-corrected chi connectivity index (χ0v) is 16.4. The lowest BCUT2D eigenvalue weighted by Crippen LogP contribution is -2.05. The first-order valence-corrected chi connectivity index (χ1v) is 10.5. The highest BCUT2D eigenvalue weighted by molar-refractivity contribution is 8.00. The fraction of sp³-hybridized carbons (Fsp3) is 0.350. The summed E-state index contributed by atoms with van der Waals surface area (Å²) in [6.45, 7) is 3.57. The van der Waals surface area contributed by atoms with Gasteiger partial charge in [0.2, 0.25) is 0 Å². The van der Waals surface area contributed by atoms with Crippen LogP contribution in [0, 0.1) is 19.7 Å². The highest BCUT2D eigenvalue weighted by atomic mass is 32.2. The number of halogens is 1. The highest BCUT2D eigenvalue weighted by Crippen LogP contribution is 2.39. The molecule has 0 amide bonds. The van der Waals surface area contributed by atoms with Crippen molar-refractivity contribution in [1.82, 2.24) is 9.97 Å². The Morgan fingerprint density at radius 2 is 2.04 bits per heavy atom. The second-order valence-electron chi connectivity index (χ2n) is 6.64. The maximum Gasteiger partial charge on any atom is 0.173 e. The molecule has 134 valence electrons. The molecule has 0 fully saturated rings. The summed E-state index contributed by atoms with van der Waals surface area (Å²) in [6, 6.07) is 4.53. The fourth-order valence-corrected chi connectivity index (χ4v) is 5.73. The molecule has 0 N–H and O–H groups in total. The summed E-state index contributed by atoms with van der Waals surface area (Å²) >= 11 is 3.24. The third-order valence-corrected chi connectivity index (χ3v) is 6.87. The molecule has 1 aliphatic carbocycles. The number of hydrogen-bond acceptors (Lipinski definition) is 5. The third kappa shape index (κ3) is 3.28. The number of hydrogen-bond donors (Lipinski definition) is 0. The molecule has 6 heteroatoms. The van der Waals surface area contributed by atoms with Gasteiger partial charge in [-0.15, -0.1) is 11.3 Å². The smallest absolute Gasteiger partial charge is 0.173 e. The zero-order chi connectivity index (χ0) is 18.3. The van der Waals surface area contributed by atoms with Gasteiger partial charge in [0.25, 0.3) is 0 Å². The number of Topliss-reactive ketones (excluding diaryl/α,β-unsaturated/α-hetero) is 1. The molecule has 2 aromatic heterocycles. The Morgan fingerprint density at radius 3 is 2.85 bits per heavy atom. The largest absolute Gasteiger partial charge is 0.293 e. The second kappa shape index (κ2) is 7.08. The lowest BCUT2D eigenvalue weighted by atomic mass is 9.97. The van der Waals surface area contributed by atoms with E-state index in [-0.39, 0.29) is 11.6 Å². The van der Waals surface area contributed by atoms with Crippen molar-refractivity contribution in [1.29, 1.82) is 0 Å². The summed E-state index contributed by atoms with van der Waals surface area (Å²) in [7, 11) is 0. The molecule has 0 aliphatic heterocycles. The van der Waals surface area contributed by atoms with Gasteiger partial charge in [0, 0.05) is 15.8 Å². The summed E-state index contributed by atoms with van der Waals surface area (Å²) in [6.07, 6.45) is 4.62. The summed E-state index contributed by atoms with van der Waals surface area (Å²) in [4.78, 5) is 24.2. The van der Waals surface area contributed by atoms with E-state index in [1.165, 1.54) is 41.1 Å². The standard InChI is InChI=1S/C20H19FN2OS2/c1-11-9-13(7-8-15(11)21)16(24)10-25-19-18-14-5-3-4-6-17(14)26-20(18)23-12(2)22-19/h7-9H,3-6,10H2,1-2H3. The van der Waals surface area contributed by atoms with E-state index in [1.54, 1.807) is 30.4 Å². The van der Waals surface area contributed by atoms with Gasteiger partial charge in [-0.3, -0.25) is 4.79 Å². The number of carbonyl (C=O) groups is 1. The number of ketones is 1. The maximum absolute atomic E-state index is 13.4. The lowest BCUT2D eigenvalue weighted by molar-refractivity contribution is 0.102. The molecule has 26 heavy (non-hydrogen) atoms. The van der Waals surface area contributed by atoms with Crippen molar-refractivity contribution >= 4 is 39.1 Å². The molecule has 0 spiro atoms. The number of nitrogens with zero attached hydrogens (tertiary/aromatic N) is 2. The molecular weight excluding hydrogens is 367 g/mol. The molecule has 0 unspecified atom stereocenters. The molecule has 2 heterocycles. The van der Waals surface area contributed by atoms with Gasteiger partial charge >= 0.3 is 0 Å². The number of aryl methyl sites for hydroxylation is 4. The van der Waals surface area contributed by atoms with Crippen molar-refractivity contribution in [3.8, 4) is 0 Å². The Labute approximate surface area is 160 Å². The summed E-state index contributed by atoms with van der Waals surface area (Å²) < 4.78 is 13.4. The van der Waals surface area contributed by atoms with Gasteiger partial charge in [-0.05, 0) is 68.9 Å². The number of fused-ring (bicyclic) bond motifs is 3. The number of benzene rings is 1. The van der Waals surface area contributed by atoms with Gasteiger partial charge in [-0.2, -0.15) is 0 Å². The van der Waals surface area contributed by atoms with E-state index < -0.39 is 0 Å². The van der Waals surface area contributed by atoms with Crippen LogP contribution in [0.2, 0.25) is 0 Å². The van der Waals surface area contributed by atoms with Crippen LogP contribution >= 0.6 is 23.1 Å². The van der Waals surface area contributed by atoms with E-state index in [4.69, 9.17) is 0 Å². The molecule has 1 aromatic carbocycles. The molecule has 4 rings (SSSR count). The van der Waals surface area contributed by atoms with Crippen LogP contribution < -0.4 is 0 Å². The molecule has 0 radical (unpaired) electrons. The van der Waals surface area contributed by atoms with Gasteiger partial charge in [0.15, 0.2) is 5.78 Å². The van der Waals surface area contributed by atoms with Gasteiger partial charge < -0.3 is 0 Å². The van der Waals surface area contributed by atoms with E-state index in [0.717, 1.165) is 33.9 Å². The summed E-state index contributed by atoms with van der Waals surface area (Å²) in [5.41, 5.74) is 2.42. The first-order valence-electron chi connectivity index (χ1n) is 8.74. The topological polar surface area (TPSA) is 42.9 Å². The normalized spacial score (nSPS) is 13.8. The van der Waals surface area contributed by atoms with Gasteiger partial charge in [0.05, 0.1) is 5.75 Å². The molecular formula is C20H19FN2OS2. The van der Waals surface area contributed by atoms with Gasteiger partial charge in [0.1, 0.15) is 21.5 Å². The van der Waals surface area contributed by atoms with E-state index in [2.05, 4.69) is 9.97 Å². The van der Waals surface area contributed by atoms with Crippen molar-refractivity contribution in [3.05, 3.63) is 51.4 Å². The minimum absolute atomic E-state index is 0.00777. The summed E-state index contributed by atoms with van der Waals surface area (Å²) in [5, 5.41) is 2.04. The first-order chi connectivity index (χ1) is 12.5. The number of rotatable bonds is 4. The van der Waals surface area contributed by atoms with Gasteiger partial charge in [-0.1, -0.05) is 11.8 Å². The van der Waals surface area contributed by atoms with Crippen LogP contribution in [-0.4, -0.2) is 21.5 Å². The molecule has 0 saturated carbocycles. The first kappa shape index (κ1) is 17.6. The Morgan fingerprint density at radius 1 is 1.23 bits per heavy atom. The second-order valence-corrected chi connectivity index (χ2v) is 8.69. The molecule has 3 nitrogen and oxygen atoms in total. The average molecular weight is 387 g/mol. The molecule has 0 atom stereocenters. The van der Waals surface area contributed by atoms with Crippen LogP contribution in [-0.2, 0) is 12.8 Å². The van der Waals surface area contributed by atoms with Crippen molar-refractivity contribution in [3.63, 3.8) is 0 Å². The van der Waals surface area contributed by atoms with E-state index >= 15 is 0 Å². The van der Waals surface area contributed by atoms with E-state index in [1.807, 2.05) is 6.92 Å². The van der Waals surface area contributed by atoms with Crippen molar-refractivity contribution in [2.24, 2.45) is 0 Å². The minimum Gasteiger partial charge on any atom is -0.293 e. The van der Waals surface area contributed by atoms with Gasteiger partial charge in [-0.25, -0.2) is 14.4 Å². The number of aromatic nitrogens is 2. The fourth-order valence-electron chi connectivity index (χ4n) is 3.37. The van der Waals surface area contributed by atoms with E-state index in [9.17, 15) is 9.18 Å². The molecule has 3 aromatic rings. The van der Waals surface area contributed by atoms with Crippen LogP contribution in [0.1, 0.15) is 45.0 Å². The number of thiophene rings is 1. The SMILES string of the molecule is Cc1nc(SCC(=O)c2ccc(F)c(C)c2)c2c3c(sc2n1)CCCC3. The summed E-state index contributed by atoms with van der Waals surface area (Å²) in [5.74, 6) is 0.740. The van der Waals surface area contributed by atoms with Crippen LogP contribution in [0.3, 0.4) is 0 Å². The predicted molar refractivity (Wildman–Crippen MR) is 105 cm³/mol. The predicted octanol–water partition coefficient (Wildman–Crippen LogP) is 5.30. The van der Waals surface area contributed by atoms with Crippen LogP contribution in [0.15, 0.2) is 23.2 Å². The molecule has 1 aliphatic rings. The third-order valence-electron chi connectivity index (χ3n) is 4.71. The average Bonchev–Trinajstić information content (AvgIpc) is 2.99. The molecule has 0 bridgehead atoms. The number of carbonyl (C=O) groups excluding carboxylic acids is 1. The molecule has 0 saturated heterocycles. The zero-order valence-electron chi connectivity index (χ0n) is 14.8. The lowest BCUT2D eigenvalue weighted by Gasteiger charge is -2.11. The van der Waals surface area contributed by atoms with Crippen molar-refractivity contribution in [2.45, 2.75) is 44.6 Å². The van der Waals surface area contributed by atoms with Crippen LogP contribution in [0.5, 0.6) is 0 Å². The highest BCUT2D eigenvalue weighted by Gasteiger charge is 2.21. The van der Waals surface area contributed by atoms with Crippen molar-refractivity contribution in [2.75, 3.05) is 5.75 Å². The van der Waals surface area contributed by atoms with Crippen LogP contribution in [0.4, 0.5) is 4.39 Å². The van der Waals surface area contributed by atoms with Crippen molar-refractivity contribution < 1.29 is 9.18 Å². The van der Waals surface area contributed by atoms with Crippen LogP contribution in [0.25, 0.3) is 10.2 Å². The Balaban J connectivity index is 1.63. The Hall–Kier alpha value is -1.79. The minimum atomic E-state index is -0.285.